The van der Waals surface area contributed by atoms with Crippen molar-refractivity contribution in [2.24, 2.45) is 0 Å². The van der Waals surface area contributed by atoms with Crippen LogP contribution in [0.1, 0.15) is 18.5 Å². The predicted octanol–water partition coefficient (Wildman–Crippen LogP) is 1.12. The molecular weight excluding hydrogens is 314 g/mol. The van der Waals surface area contributed by atoms with Crippen LogP contribution in [0.15, 0.2) is 30.3 Å². The van der Waals surface area contributed by atoms with E-state index in [4.69, 9.17) is 0 Å². The molecule has 1 fully saturated rings. The molecular formula is C16H25N3O3S. The number of amides is 2. The number of nitrogens with zero attached hydrogens (tertiary/aromatic N) is 2. The van der Waals surface area contributed by atoms with Crippen molar-refractivity contribution in [2.45, 2.75) is 13.0 Å². The van der Waals surface area contributed by atoms with E-state index in [1.165, 1.54) is 0 Å². The molecule has 7 heteroatoms. The van der Waals surface area contributed by atoms with Crippen LogP contribution in [0.25, 0.3) is 0 Å². The smallest absolute Gasteiger partial charge is 0.318 e. The van der Waals surface area contributed by atoms with Gasteiger partial charge in [0.25, 0.3) is 0 Å². The molecule has 1 aromatic carbocycles. The second-order valence-corrected chi connectivity index (χ2v) is 8.32. The van der Waals surface area contributed by atoms with E-state index in [0.717, 1.165) is 18.7 Å². The van der Waals surface area contributed by atoms with Gasteiger partial charge in [-0.3, -0.25) is 0 Å². The third kappa shape index (κ3) is 4.94. The maximum absolute atomic E-state index is 12.5. The van der Waals surface area contributed by atoms with Crippen molar-refractivity contribution in [1.82, 2.24) is 15.1 Å². The van der Waals surface area contributed by atoms with Crippen molar-refractivity contribution in [1.29, 1.82) is 0 Å². The lowest BCUT2D eigenvalue weighted by Gasteiger charge is -2.40. The minimum atomic E-state index is -3.06. The standard InChI is InChI=1S/C16H25N3O3S/c1-3-23(21,22)12-9-17-16(20)19-11-10-18(2)13-15(19)14-7-5-4-6-8-14/h4-8,15H,3,9-13H2,1-2H3,(H,17,20). The Labute approximate surface area is 138 Å². The molecule has 0 saturated carbocycles. The predicted molar refractivity (Wildman–Crippen MR) is 91.1 cm³/mol. The van der Waals surface area contributed by atoms with Gasteiger partial charge in [0.1, 0.15) is 0 Å². The summed E-state index contributed by atoms with van der Waals surface area (Å²) in [6.45, 7) is 3.98. The molecule has 128 valence electrons. The first-order valence-corrected chi connectivity index (χ1v) is 9.73. The van der Waals surface area contributed by atoms with E-state index < -0.39 is 9.84 Å². The Balaban J connectivity index is 2.02. The Morgan fingerprint density at radius 2 is 1.96 bits per heavy atom. The zero-order chi connectivity index (χ0) is 16.9. The van der Waals surface area contributed by atoms with Gasteiger partial charge >= 0.3 is 6.03 Å². The highest BCUT2D eigenvalue weighted by atomic mass is 32.2. The number of likely N-dealkylation sites (N-methyl/N-ethyl adjacent to an activating group) is 1. The fourth-order valence-corrected chi connectivity index (χ4v) is 3.38. The largest absolute Gasteiger partial charge is 0.337 e. The molecule has 0 aliphatic carbocycles. The van der Waals surface area contributed by atoms with Crippen LogP contribution in [-0.4, -0.2) is 69.0 Å². The molecule has 0 aromatic heterocycles. The summed E-state index contributed by atoms with van der Waals surface area (Å²) in [6, 6.07) is 9.71. The summed E-state index contributed by atoms with van der Waals surface area (Å²) in [5.74, 6) is 0.0863. The summed E-state index contributed by atoms with van der Waals surface area (Å²) in [5.41, 5.74) is 1.09. The summed E-state index contributed by atoms with van der Waals surface area (Å²) in [7, 11) is -1.02. The molecule has 1 aliphatic rings. The van der Waals surface area contributed by atoms with Crippen molar-refractivity contribution in [3.8, 4) is 0 Å². The Bertz CT molecular complexity index is 619. The average molecular weight is 339 g/mol. The number of carbonyl (C=O) groups excluding carboxylic acids is 1. The third-order valence-electron chi connectivity index (χ3n) is 4.16. The summed E-state index contributed by atoms with van der Waals surface area (Å²) in [6.07, 6.45) is 0. The fraction of sp³-hybridized carbons (Fsp3) is 0.562. The molecule has 1 aromatic rings. The van der Waals surface area contributed by atoms with E-state index in [9.17, 15) is 13.2 Å². The van der Waals surface area contributed by atoms with Crippen LogP contribution in [0.4, 0.5) is 4.79 Å². The lowest BCUT2D eigenvalue weighted by Crippen LogP contribution is -2.52. The number of hydrogen-bond donors (Lipinski definition) is 1. The highest BCUT2D eigenvalue weighted by Gasteiger charge is 2.30. The number of rotatable bonds is 5. The van der Waals surface area contributed by atoms with Crippen LogP contribution >= 0.6 is 0 Å². The first-order valence-electron chi connectivity index (χ1n) is 7.91. The SMILES string of the molecule is CCS(=O)(=O)CCNC(=O)N1CCN(C)CC1c1ccccc1. The molecule has 1 unspecified atom stereocenters. The first kappa shape index (κ1) is 17.7. The minimum absolute atomic E-state index is 0.0149. The quantitative estimate of drug-likeness (QED) is 0.873. The van der Waals surface area contributed by atoms with Crippen LogP contribution in [0.3, 0.4) is 0 Å². The molecule has 2 amide bonds. The fourth-order valence-electron chi connectivity index (χ4n) is 2.68. The second-order valence-electron chi connectivity index (χ2n) is 5.85. The number of hydrogen-bond acceptors (Lipinski definition) is 4. The molecule has 1 heterocycles. The summed E-state index contributed by atoms with van der Waals surface area (Å²) >= 11 is 0. The highest BCUT2D eigenvalue weighted by molar-refractivity contribution is 7.91. The van der Waals surface area contributed by atoms with Crippen LogP contribution in [0, 0.1) is 0 Å². The summed E-state index contributed by atoms with van der Waals surface area (Å²) in [4.78, 5) is 16.5. The number of nitrogens with one attached hydrogen (secondary N) is 1. The second kappa shape index (κ2) is 7.79. The van der Waals surface area contributed by atoms with Gasteiger partial charge in [-0.1, -0.05) is 37.3 Å². The monoisotopic (exact) mass is 339 g/mol. The number of piperazine rings is 1. The van der Waals surface area contributed by atoms with Crippen molar-refractivity contribution < 1.29 is 13.2 Å². The molecule has 2 rings (SSSR count). The van der Waals surface area contributed by atoms with Crippen LogP contribution in [0.2, 0.25) is 0 Å². The molecule has 1 saturated heterocycles. The summed E-state index contributed by atoms with van der Waals surface area (Å²) < 4.78 is 23.0. The molecule has 1 N–H and O–H groups in total. The normalized spacial score (nSPS) is 19.6. The van der Waals surface area contributed by atoms with E-state index >= 15 is 0 Å². The van der Waals surface area contributed by atoms with Crippen LogP contribution < -0.4 is 5.32 Å². The van der Waals surface area contributed by atoms with Crippen molar-refractivity contribution >= 4 is 15.9 Å². The average Bonchev–Trinajstić information content (AvgIpc) is 2.55. The van der Waals surface area contributed by atoms with E-state index in [1.807, 2.05) is 37.4 Å². The number of urea groups is 1. The number of carbonyl (C=O) groups is 1. The van der Waals surface area contributed by atoms with Crippen molar-refractivity contribution in [3.05, 3.63) is 35.9 Å². The van der Waals surface area contributed by atoms with Crippen molar-refractivity contribution in [3.63, 3.8) is 0 Å². The third-order valence-corrected chi connectivity index (χ3v) is 5.86. The lowest BCUT2D eigenvalue weighted by molar-refractivity contribution is 0.109. The first-order chi connectivity index (χ1) is 10.9. The van der Waals surface area contributed by atoms with Crippen molar-refractivity contribution in [2.75, 3.05) is 44.7 Å². The topological polar surface area (TPSA) is 69.7 Å². The number of sulfone groups is 1. The zero-order valence-corrected chi connectivity index (χ0v) is 14.6. The van der Waals surface area contributed by atoms with Crippen LogP contribution in [0.5, 0.6) is 0 Å². The molecule has 0 spiro atoms. The van der Waals surface area contributed by atoms with E-state index in [2.05, 4.69) is 10.2 Å². The minimum Gasteiger partial charge on any atom is -0.337 e. The van der Waals surface area contributed by atoms with Gasteiger partial charge in [0.15, 0.2) is 9.84 Å². The molecule has 0 bridgehead atoms. The number of benzene rings is 1. The van der Waals surface area contributed by atoms with Gasteiger partial charge in [-0.2, -0.15) is 0 Å². The Hall–Kier alpha value is -1.60. The Kier molecular flexibility index (Phi) is 6.01. The summed E-state index contributed by atoms with van der Waals surface area (Å²) in [5, 5.41) is 2.75. The van der Waals surface area contributed by atoms with Gasteiger partial charge in [0, 0.05) is 31.9 Å². The molecule has 6 nitrogen and oxygen atoms in total. The highest BCUT2D eigenvalue weighted by Crippen LogP contribution is 2.24. The Morgan fingerprint density at radius 1 is 1.26 bits per heavy atom. The van der Waals surface area contributed by atoms with E-state index in [-0.39, 0.29) is 30.1 Å². The Morgan fingerprint density at radius 3 is 2.61 bits per heavy atom. The van der Waals surface area contributed by atoms with Gasteiger partial charge in [0.2, 0.25) is 0 Å². The molecule has 0 radical (unpaired) electrons. The molecule has 1 atom stereocenters. The van der Waals surface area contributed by atoms with E-state index in [1.54, 1.807) is 11.8 Å². The van der Waals surface area contributed by atoms with Crippen LogP contribution in [-0.2, 0) is 9.84 Å². The van der Waals surface area contributed by atoms with Gasteiger partial charge in [-0.25, -0.2) is 13.2 Å². The molecule has 1 aliphatic heterocycles. The maximum Gasteiger partial charge on any atom is 0.318 e. The van der Waals surface area contributed by atoms with Gasteiger partial charge in [-0.15, -0.1) is 0 Å². The van der Waals surface area contributed by atoms with Gasteiger partial charge in [0.05, 0.1) is 11.8 Å². The zero-order valence-electron chi connectivity index (χ0n) is 13.7. The lowest BCUT2D eigenvalue weighted by atomic mass is 10.0. The molecule has 23 heavy (non-hydrogen) atoms. The van der Waals surface area contributed by atoms with E-state index in [0.29, 0.717) is 6.54 Å². The van der Waals surface area contributed by atoms with Gasteiger partial charge in [-0.05, 0) is 12.6 Å². The maximum atomic E-state index is 12.5. The van der Waals surface area contributed by atoms with Gasteiger partial charge < -0.3 is 15.1 Å².